The molecule has 2 fully saturated rings. The van der Waals surface area contributed by atoms with Crippen molar-refractivity contribution < 1.29 is 23.9 Å². The molecule has 4 atom stereocenters. The topological polar surface area (TPSA) is 81.7 Å². The van der Waals surface area contributed by atoms with Crippen LogP contribution in [0.25, 0.3) is 0 Å². The highest BCUT2D eigenvalue weighted by Crippen LogP contribution is 2.47. The van der Waals surface area contributed by atoms with Crippen LogP contribution in [0.5, 0.6) is 0 Å². The van der Waals surface area contributed by atoms with Crippen LogP contribution >= 0.6 is 11.8 Å². The van der Waals surface area contributed by atoms with Gasteiger partial charge in [0.15, 0.2) is 0 Å². The fourth-order valence-corrected chi connectivity index (χ4v) is 5.33. The molecule has 1 N–H and O–H groups in total. The van der Waals surface area contributed by atoms with E-state index in [0.717, 1.165) is 0 Å². The van der Waals surface area contributed by atoms with Gasteiger partial charge in [0.25, 0.3) is 5.91 Å². The number of ether oxygens (including phenoxy) is 2. The number of carbonyl (C=O) groups excluding carboxylic acids is 3. The first kappa shape index (κ1) is 17.8. The third kappa shape index (κ3) is 3.66. The van der Waals surface area contributed by atoms with Crippen LogP contribution in [0.4, 0.5) is 0 Å². The normalized spacial score (nSPS) is 30.4. The van der Waals surface area contributed by atoms with Gasteiger partial charge in [0.1, 0.15) is 12.2 Å². The summed E-state index contributed by atoms with van der Waals surface area (Å²) in [6, 6.07) is 8.95. The van der Waals surface area contributed by atoms with Crippen LogP contribution in [0.3, 0.4) is 0 Å². The molecule has 3 rings (SSSR count). The van der Waals surface area contributed by atoms with Gasteiger partial charge in [-0.1, -0.05) is 18.2 Å². The lowest BCUT2D eigenvalue weighted by molar-refractivity contribution is -0.159. The lowest BCUT2D eigenvalue weighted by Crippen LogP contribution is -2.63. The van der Waals surface area contributed by atoms with Crippen molar-refractivity contribution in [3.05, 3.63) is 35.9 Å². The minimum absolute atomic E-state index is 0.169. The van der Waals surface area contributed by atoms with Crippen molar-refractivity contribution in [3.63, 3.8) is 0 Å². The number of thioether (sulfide) groups is 1. The number of amides is 1. The van der Waals surface area contributed by atoms with Crippen molar-refractivity contribution in [2.45, 2.75) is 49.7 Å². The Morgan fingerprint density at radius 2 is 1.80 bits per heavy atom. The van der Waals surface area contributed by atoms with Crippen molar-refractivity contribution in [1.29, 1.82) is 0 Å². The first-order valence-corrected chi connectivity index (χ1v) is 9.30. The Labute approximate surface area is 150 Å². The van der Waals surface area contributed by atoms with Gasteiger partial charge in [-0.15, -0.1) is 11.8 Å². The van der Waals surface area contributed by atoms with Gasteiger partial charge >= 0.3 is 11.9 Å². The summed E-state index contributed by atoms with van der Waals surface area (Å²) < 4.78 is 11.0. The van der Waals surface area contributed by atoms with Crippen molar-refractivity contribution in [1.82, 2.24) is 5.32 Å². The second-order valence-electron chi connectivity index (χ2n) is 6.47. The van der Waals surface area contributed by atoms with Crippen molar-refractivity contribution in [2.24, 2.45) is 0 Å². The molecule has 1 aromatic carbocycles. The average molecular weight is 363 g/mol. The Hall–Kier alpha value is -2.02. The van der Waals surface area contributed by atoms with E-state index in [2.05, 4.69) is 5.32 Å². The minimum Gasteiger partial charge on any atom is -0.461 e. The Kier molecular flexibility index (Phi) is 5.03. The zero-order valence-electron chi connectivity index (χ0n) is 14.2. The Bertz CT molecular complexity index is 679. The number of rotatable bonds is 4. The molecule has 25 heavy (non-hydrogen) atoms. The molecule has 1 saturated carbocycles. The molecule has 1 aliphatic heterocycles. The SMILES string of the molecule is CC(=O)O[C@H]1CC[C@@]2(NC(=O)c3ccccc3)CS[C@H]1[C@H]2OC(C)=O. The zero-order chi connectivity index (χ0) is 18.0. The number of hydrogen-bond acceptors (Lipinski definition) is 6. The Morgan fingerprint density at radius 3 is 2.44 bits per heavy atom. The fourth-order valence-electron chi connectivity index (χ4n) is 3.57. The largest absolute Gasteiger partial charge is 0.461 e. The summed E-state index contributed by atoms with van der Waals surface area (Å²) in [5, 5.41) is 2.92. The first-order chi connectivity index (χ1) is 11.9. The van der Waals surface area contributed by atoms with Gasteiger partial charge in [-0.3, -0.25) is 14.4 Å². The number of carbonyl (C=O) groups is 3. The quantitative estimate of drug-likeness (QED) is 0.823. The molecule has 0 aromatic heterocycles. The second-order valence-corrected chi connectivity index (χ2v) is 7.63. The van der Waals surface area contributed by atoms with Gasteiger partial charge in [-0.05, 0) is 25.0 Å². The molecule has 7 heteroatoms. The summed E-state index contributed by atoms with van der Waals surface area (Å²) in [6.07, 6.45) is 0.395. The lowest BCUT2D eigenvalue weighted by Gasteiger charge is -2.42. The van der Waals surface area contributed by atoms with E-state index in [4.69, 9.17) is 9.47 Å². The maximum atomic E-state index is 12.6. The lowest BCUT2D eigenvalue weighted by atomic mass is 9.78. The van der Waals surface area contributed by atoms with Crippen LogP contribution < -0.4 is 5.32 Å². The molecule has 134 valence electrons. The molecule has 6 nitrogen and oxygen atoms in total. The molecule has 1 saturated heterocycles. The molecule has 0 unspecified atom stereocenters. The number of nitrogens with one attached hydrogen (secondary N) is 1. The van der Waals surface area contributed by atoms with Crippen LogP contribution in [0.15, 0.2) is 30.3 Å². The van der Waals surface area contributed by atoms with Gasteiger partial charge in [0, 0.05) is 25.2 Å². The van der Waals surface area contributed by atoms with E-state index in [0.29, 0.717) is 24.2 Å². The third-order valence-electron chi connectivity index (χ3n) is 4.63. The van der Waals surface area contributed by atoms with E-state index in [1.807, 2.05) is 6.07 Å². The summed E-state index contributed by atoms with van der Waals surface area (Å²) in [5.74, 6) is -0.324. The smallest absolute Gasteiger partial charge is 0.303 e. The number of esters is 2. The van der Waals surface area contributed by atoms with Crippen LogP contribution in [0.1, 0.15) is 37.0 Å². The van der Waals surface area contributed by atoms with Crippen molar-refractivity contribution in [2.75, 3.05) is 5.75 Å². The molecule has 1 amide bonds. The standard InChI is InChI=1S/C18H21NO5S/c1-11(20)23-14-8-9-18(10-25-15(14)16(18)24-12(2)21)19-17(22)13-6-4-3-5-7-13/h3-7,14-16H,8-10H2,1-2H3,(H,19,22)/t14-,15+,16+,18+/m0/s1. The molecule has 2 bridgehead atoms. The maximum absolute atomic E-state index is 12.6. The van der Waals surface area contributed by atoms with Gasteiger partial charge < -0.3 is 14.8 Å². The highest BCUT2D eigenvalue weighted by molar-refractivity contribution is 8.00. The number of fused-ring (bicyclic) bond motifs is 2. The average Bonchev–Trinajstić information content (AvgIpc) is 2.79. The first-order valence-electron chi connectivity index (χ1n) is 8.25. The predicted molar refractivity (Wildman–Crippen MR) is 93.2 cm³/mol. The van der Waals surface area contributed by atoms with Gasteiger partial charge in [-0.25, -0.2) is 0 Å². The summed E-state index contributed by atoms with van der Waals surface area (Å²) in [7, 11) is 0. The molecule has 0 radical (unpaired) electrons. The van der Waals surface area contributed by atoms with E-state index in [1.54, 1.807) is 36.0 Å². The van der Waals surface area contributed by atoms with E-state index < -0.39 is 17.6 Å². The van der Waals surface area contributed by atoms with E-state index in [-0.39, 0.29) is 23.2 Å². The second kappa shape index (κ2) is 7.07. The molecule has 1 aromatic rings. The minimum atomic E-state index is -0.634. The van der Waals surface area contributed by atoms with Crippen molar-refractivity contribution in [3.8, 4) is 0 Å². The van der Waals surface area contributed by atoms with E-state index >= 15 is 0 Å². The van der Waals surface area contributed by atoms with Crippen LogP contribution in [0, 0.1) is 0 Å². The zero-order valence-corrected chi connectivity index (χ0v) is 15.0. The van der Waals surface area contributed by atoms with Crippen LogP contribution in [0.2, 0.25) is 0 Å². The molecular weight excluding hydrogens is 342 g/mol. The Morgan fingerprint density at radius 1 is 1.12 bits per heavy atom. The maximum Gasteiger partial charge on any atom is 0.303 e. The van der Waals surface area contributed by atoms with Gasteiger partial charge in [0.05, 0.1) is 10.8 Å². The summed E-state index contributed by atoms with van der Waals surface area (Å²) in [4.78, 5) is 35.6. The van der Waals surface area contributed by atoms with Crippen LogP contribution in [-0.4, -0.2) is 46.6 Å². The predicted octanol–water partition coefficient (Wildman–Crippen LogP) is 1.93. The third-order valence-corrected chi connectivity index (χ3v) is 6.24. The summed E-state index contributed by atoms with van der Waals surface area (Å²) in [6.45, 7) is 2.73. The van der Waals surface area contributed by atoms with E-state index in [1.165, 1.54) is 13.8 Å². The molecular formula is C18H21NO5S. The highest BCUT2D eigenvalue weighted by atomic mass is 32.2. The number of hydrogen-bond donors (Lipinski definition) is 1. The molecule has 1 aliphatic carbocycles. The van der Waals surface area contributed by atoms with Gasteiger partial charge in [0.2, 0.25) is 0 Å². The number of benzene rings is 1. The van der Waals surface area contributed by atoms with Crippen LogP contribution in [-0.2, 0) is 19.1 Å². The summed E-state index contributed by atoms with van der Waals surface area (Å²) in [5.41, 5.74) is -0.0705. The van der Waals surface area contributed by atoms with E-state index in [9.17, 15) is 14.4 Å². The molecule has 2 aliphatic rings. The highest BCUT2D eigenvalue weighted by Gasteiger charge is 2.58. The Balaban J connectivity index is 1.82. The molecule has 1 heterocycles. The molecule has 0 spiro atoms. The van der Waals surface area contributed by atoms with Gasteiger partial charge in [-0.2, -0.15) is 0 Å². The summed E-state index contributed by atoms with van der Waals surface area (Å²) >= 11 is 1.58. The monoisotopic (exact) mass is 363 g/mol. The van der Waals surface area contributed by atoms with Crippen molar-refractivity contribution >= 4 is 29.6 Å². The fraction of sp³-hybridized carbons (Fsp3) is 0.500.